The number of nitrogens with one attached hydrogen (secondary N) is 1. The zero-order chi connectivity index (χ0) is 18.5. The predicted molar refractivity (Wildman–Crippen MR) is 101 cm³/mol. The second-order valence-electron chi connectivity index (χ2n) is 6.53. The summed E-state index contributed by atoms with van der Waals surface area (Å²) in [5.41, 5.74) is 1.70. The minimum absolute atomic E-state index is 0.144. The van der Waals surface area contributed by atoms with E-state index < -0.39 is 0 Å². The molecule has 0 saturated heterocycles. The molecule has 0 spiro atoms. The molecule has 1 amide bonds. The van der Waals surface area contributed by atoms with E-state index >= 15 is 0 Å². The maximum absolute atomic E-state index is 12.5. The summed E-state index contributed by atoms with van der Waals surface area (Å²) in [5, 5.41) is 7.01. The van der Waals surface area contributed by atoms with E-state index in [1.807, 2.05) is 32.0 Å². The average Bonchev–Trinajstić information content (AvgIpc) is 3.33. The number of hydrogen-bond donors (Lipinski definition) is 1. The van der Waals surface area contributed by atoms with Crippen molar-refractivity contribution in [2.45, 2.75) is 58.1 Å². The standard InChI is InChI=1S/C19H25N3O3S/c1-4-15-18(26-22-21-15)19(23)20-12(2)13-9-10-16(17(11-13)24-3)25-14-7-5-6-8-14/h9-12,14H,4-8H2,1-3H3,(H,20,23)/t12-/m1/s1. The number of ether oxygens (including phenoxy) is 2. The molecule has 1 heterocycles. The molecule has 1 aliphatic carbocycles. The topological polar surface area (TPSA) is 73.3 Å². The minimum atomic E-state index is -0.163. The zero-order valence-corrected chi connectivity index (χ0v) is 16.3. The number of amides is 1. The van der Waals surface area contributed by atoms with E-state index in [1.165, 1.54) is 12.8 Å². The number of aryl methyl sites for hydroxylation is 1. The van der Waals surface area contributed by atoms with E-state index in [4.69, 9.17) is 9.47 Å². The smallest absolute Gasteiger partial charge is 0.265 e. The summed E-state index contributed by atoms with van der Waals surface area (Å²) >= 11 is 1.13. The fourth-order valence-corrected chi connectivity index (χ4v) is 3.85. The van der Waals surface area contributed by atoms with E-state index in [-0.39, 0.29) is 18.1 Å². The Hall–Kier alpha value is -2.15. The number of hydrogen-bond acceptors (Lipinski definition) is 6. The van der Waals surface area contributed by atoms with Crippen LogP contribution in [0.15, 0.2) is 18.2 Å². The molecule has 7 heteroatoms. The van der Waals surface area contributed by atoms with Gasteiger partial charge in [0.2, 0.25) is 0 Å². The van der Waals surface area contributed by atoms with Crippen LogP contribution >= 0.6 is 11.5 Å². The van der Waals surface area contributed by atoms with Gasteiger partial charge >= 0.3 is 0 Å². The van der Waals surface area contributed by atoms with Gasteiger partial charge in [-0.3, -0.25) is 4.79 Å². The first-order valence-corrected chi connectivity index (χ1v) is 9.86. The molecule has 0 aliphatic heterocycles. The third kappa shape index (κ3) is 4.15. The first-order chi connectivity index (χ1) is 12.6. The van der Waals surface area contributed by atoms with Crippen LogP contribution in [0, 0.1) is 0 Å². The van der Waals surface area contributed by atoms with E-state index in [0.29, 0.717) is 17.0 Å². The maximum Gasteiger partial charge on any atom is 0.265 e. The number of aromatic nitrogens is 2. The number of carbonyl (C=O) groups excluding carboxylic acids is 1. The van der Waals surface area contributed by atoms with Crippen LogP contribution < -0.4 is 14.8 Å². The van der Waals surface area contributed by atoms with Crippen LogP contribution in [-0.2, 0) is 6.42 Å². The summed E-state index contributed by atoms with van der Waals surface area (Å²) in [6, 6.07) is 5.68. The molecule has 0 radical (unpaired) electrons. The molecule has 1 atom stereocenters. The summed E-state index contributed by atoms with van der Waals surface area (Å²) in [6.07, 6.45) is 5.60. The number of methoxy groups -OCH3 is 1. The van der Waals surface area contributed by atoms with Crippen LogP contribution in [-0.4, -0.2) is 28.7 Å². The molecule has 0 bridgehead atoms. The van der Waals surface area contributed by atoms with Gasteiger partial charge in [0.15, 0.2) is 11.5 Å². The molecule has 1 aromatic carbocycles. The molecule has 1 aromatic heterocycles. The van der Waals surface area contributed by atoms with Crippen LogP contribution in [0.3, 0.4) is 0 Å². The lowest BCUT2D eigenvalue weighted by Crippen LogP contribution is -2.26. The van der Waals surface area contributed by atoms with E-state index in [0.717, 1.165) is 41.4 Å². The van der Waals surface area contributed by atoms with Crippen molar-refractivity contribution >= 4 is 17.4 Å². The molecular weight excluding hydrogens is 350 g/mol. The maximum atomic E-state index is 12.5. The summed E-state index contributed by atoms with van der Waals surface area (Å²) in [5.74, 6) is 1.32. The van der Waals surface area contributed by atoms with Crippen LogP contribution in [0.2, 0.25) is 0 Å². The van der Waals surface area contributed by atoms with Crippen molar-refractivity contribution < 1.29 is 14.3 Å². The van der Waals surface area contributed by atoms with Crippen LogP contribution in [0.5, 0.6) is 11.5 Å². The Morgan fingerprint density at radius 3 is 2.81 bits per heavy atom. The summed E-state index contributed by atoms with van der Waals surface area (Å²) in [4.78, 5) is 13.1. The Labute approximate surface area is 158 Å². The van der Waals surface area contributed by atoms with Crippen molar-refractivity contribution in [3.8, 4) is 11.5 Å². The normalized spacial score (nSPS) is 15.7. The Morgan fingerprint density at radius 1 is 1.35 bits per heavy atom. The lowest BCUT2D eigenvalue weighted by Gasteiger charge is -2.19. The second kappa shape index (κ2) is 8.49. The highest BCUT2D eigenvalue weighted by Crippen LogP contribution is 2.33. The lowest BCUT2D eigenvalue weighted by molar-refractivity contribution is 0.0943. The molecule has 6 nitrogen and oxygen atoms in total. The largest absolute Gasteiger partial charge is 0.493 e. The van der Waals surface area contributed by atoms with Gasteiger partial charge in [0, 0.05) is 0 Å². The molecule has 2 aromatic rings. The quantitative estimate of drug-likeness (QED) is 0.794. The van der Waals surface area contributed by atoms with Crippen molar-refractivity contribution in [3.05, 3.63) is 34.3 Å². The molecule has 1 fully saturated rings. The average molecular weight is 375 g/mol. The van der Waals surface area contributed by atoms with Crippen molar-refractivity contribution in [3.63, 3.8) is 0 Å². The van der Waals surface area contributed by atoms with Crippen molar-refractivity contribution in [1.29, 1.82) is 0 Å². The van der Waals surface area contributed by atoms with Crippen LogP contribution in [0.4, 0.5) is 0 Å². The van der Waals surface area contributed by atoms with Crippen LogP contribution in [0.1, 0.15) is 66.5 Å². The first-order valence-electron chi connectivity index (χ1n) is 9.09. The molecule has 1 N–H and O–H groups in total. The SMILES string of the molecule is CCc1nnsc1C(=O)N[C@H](C)c1ccc(OC2CCCC2)c(OC)c1. The fraction of sp³-hybridized carbons (Fsp3) is 0.526. The minimum Gasteiger partial charge on any atom is -0.493 e. The van der Waals surface area contributed by atoms with E-state index in [1.54, 1.807) is 7.11 Å². The Kier molecular flexibility index (Phi) is 6.08. The highest BCUT2D eigenvalue weighted by atomic mass is 32.1. The lowest BCUT2D eigenvalue weighted by atomic mass is 10.1. The van der Waals surface area contributed by atoms with Crippen molar-refractivity contribution in [1.82, 2.24) is 14.9 Å². The number of carbonyl (C=O) groups is 1. The van der Waals surface area contributed by atoms with Gasteiger partial charge in [0.05, 0.1) is 24.9 Å². The van der Waals surface area contributed by atoms with Crippen LogP contribution in [0.25, 0.3) is 0 Å². The molecule has 1 saturated carbocycles. The molecular formula is C19H25N3O3S. The third-order valence-corrected chi connectivity index (χ3v) is 5.49. The fourth-order valence-electron chi connectivity index (χ4n) is 3.19. The highest BCUT2D eigenvalue weighted by molar-refractivity contribution is 7.08. The molecule has 0 unspecified atom stereocenters. The summed E-state index contributed by atoms with van der Waals surface area (Å²) < 4.78 is 15.5. The van der Waals surface area contributed by atoms with E-state index in [2.05, 4.69) is 14.9 Å². The van der Waals surface area contributed by atoms with Gasteiger partial charge in [-0.15, -0.1) is 5.10 Å². The number of benzene rings is 1. The Morgan fingerprint density at radius 2 is 2.12 bits per heavy atom. The Balaban J connectivity index is 1.70. The first kappa shape index (κ1) is 18.6. The monoisotopic (exact) mass is 375 g/mol. The van der Waals surface area contributed by atoms with Gasteiger partial charge in [-0.05, 0) is 68.3 Å². The van der Waals surface area contributed by atoms with Gasteiger partial charge in [-0.1, -0.05) is 17.5 Å². The van der Waals surface area contributed by atoms with Gasteiger partial charge in [0.25, 0.3) is 5.91 Å². The third-order valence-electron chi connectivity index (χ3n) is 4.73. The molecule has 3 rings (SSSR count). The van der Waals surface area contributed by atoms with Crippen molar-refractivity contribution in [2.24, 2.45) is 0 Å². The number of rotatable bonds is 7. The molecule has 140 valence electrons. The second-order valence-corrected chi connectivity index (χ2v) is 7.29. The summed E-state index contributed by atoms with van der Waals surface area (Å²) in [7, 11) is 1.64. The van der Waals surface area contributed by atoms with Crippen molar-refractivity contribution in [2.75, 3.05) is 7.11 Å². The van der Waals surface area contributed by atoms with Gasteiger partial charge < -0.3 is 14.8 Å². The highest BCUT2D eigenvalue weighted by Gasteiger charge is 2.21. The number of nitrogens with zero attached hydrogens (tertiary/aromatic N) is 2. The Bertz CT molecular complexity index is 756. The van der Waals surface area contributed by atoms with E-state index in [9.17, 15) is 4.79 Å². The molecule has 1 aliphatic rings. The summed E-state index contributed by atoms with van der Waals surface area (Å²) in [6.45, 7) is 3.91. The van der Waals surface area contributed by atoms with Gasteiger partial charge in [-0.2, -0.15) is 0 Å². The molecule has 26 heavy (non-hydrogen) atoms. The van der Waals surface area contributed by atoms with Gasteiger partial charge in [0.1, 0.15) is 4.88 Å². The predicted octanol–water partition coefficient (Wildman–Crippen LogP) is 3.92. The van der Waals surface area contributed by atoms with Gasteiger partial charge in [-0.25, -0.2) is 0 Å². The zero-order valence-electron chi connectivity index (χ0n) is 15.4.